The second-order valence-corrected chi connectivity index (χ2v) is 3.50. The molecule has 0 aliphatic heterocycles. The second-order valence-electron chi connectivity index (χ2n) is 3.50. The van der Waals surface area contributed by atoms with Crippen molar-refractivity contribution in [1.82, 2.24) is 9.97 Å². The van der Waals surface area contributed by atoms with Crippen LogP contribution < -0.4 is 5.56 Å². The number of aromatic nitrogens is 2. The molecule has 1 aromatic carbocycles. The summed E-state index contributed by atoms with van der Waals surface area (Å²) in [6, 6.07) is 7.55. The monoisotopic (exact) mass is 211 g/mol. The van der Waals surface area contributed by atoms with Gasteiger partial charge in [-0.3, -0.25) is 4.79 Å². The number of nitrogens with one attached hydrogen (secondary N) is 1. The number of aromatic amines is 1. The van der Waals surface area contributed by atoms with Crippen LogP contribution >= 0.6 is 0 Å². The van der Waals surface area contributed by atoms with E-state index in [4.69, 9.17) is 5.26 Å². The van der Waals surface area contributed by atoms with Gasteiger partial charge in [0.25, 0.3) is 5.56 Å². The minimum Gasteiger partial charge on any atom is -0.326 e. The Kier molecular flexibility index (Phi) is 2.52. The highest BCUT2D eigenvalue weighted by atomic mass is 16.1. The lowest BCUT2D eigenvalue weighted by atomic mass is 10.1. The third-order valence-electron chi connectivity index (χ3n) is 2.17. The molecular formula is C12H9N3O. The molecule has 0 amide bonds. The Balaban J connectivity index is 2.56. The first-order chi connectivity index (χ1) is 7.69. The molecule has 0 unspecified atom stereocenters. The SMILES string of the molecule is Cc1cc(C#N)cc(-c2c[nH]c(=O)cn2)c1. The lowest BCUT2D eigenvalue weighted by molar-refractivity contribution is 1.14. The molecule has 0 saturated heterocycles. The van der Waals surface area contributed by atoms with Gasteiger partial charge < -0.3 is 4.98 Å². The zero-order valence-electron chi connectivity index (χ0n) is 8.69. The van der Waals surface area contributed by atoms with Gasteiger partial charge in [0, 0.05) is 11.8 Å². The average Bonchev–Trinajstić information content (AvgIpc) is 2.29. The Morgan fingerprint density at radius 3 is 2.81 bits per heavy atom. The van der Waals surface area contributed by atoms with Gasteiger partial charge in [0.15, 0.2) is 0 Å². The van der Waals surface area contributed by atoms with E-state index in [-0.39, 0.29) is 5.56 Å². The molecule has 0 atom stereocenters. The van der Waals surface area contributed by atoms with E-state index in [1.54, 1.807) is 12.1 Å². The maximum Gasteiger partial charge on any atom is 0.266 e. The van der Waals surface area contributed by atoms with Crippen LogP contribution in [-0.4, -0.2) is 9.97 Å². The Morgan fingerprint density at radius 1 is 1.38 bits per heavy atom. The minimum absolute atomic E-state index is 0.239. The highest BCUT2D eigenvalue weighted by Gasteiger charge is 2.02. The molecule has 2 rings (SSSR count). The normalized spacial score (nSPS) is 9.75. The van der Waals surface area contributed by atoms with Gasteiger partial charge in [-0.2, -0.15) is 5.26 Å². The predicted molar refractivity (Wildman–Crippen MR) is 59.7 cm³/mol. The van der Waals surface area contributed by atoms with Gasteiger partial charge >= 0.3 is 0 Å². The number of hydrogen-bond donors (Lipinski definition) is 1. The zero-order valence-corrected chi connectivity index (χ0v) is 8.69. The number of rotatable bonds is 1. The first kappa shape index (κ1) is 10.1. The molecule has 0 spiro atoms. The Bertz CT molecular complexity index is 602. The Morgan fingerprint density at radius 2 is 2.19 bits per heavy atom. The number of nitrogens with zero attached hydrogens (tertiary/aromatic N) is 2. The summed E-state index contributed by atoms with van der Waals surface area (Å²) in [7, 11) is 0. The molecule has 2 aromatic rings. The van der Waals surface area contributed by atoms with Crippen molar-refractivity contribution in [3.05, 3.63) is 52.1 Å². The van der Waals surface area contributed by atoms with Crippen LogP contribution in [0.25, 0.3) is 11.3 Å². The predicted octanol–water partition coefficient (Wildman–Crippen LogP) is 1.62. The lowest BCUT2D eigenvalue weighted by Gasteiger charge is -2.02. The van der Waals surface area contributed by atoms with Crippen LogP contribution in [0.2, 0.25) is 0 Å². The molecule has 1 N–H and O–H groups in total. The van der Waals surface area contributed by atoms with E-state index >= 15 is 0 Å². The van der Waals surface area contributed by atoms with Gasteiger partial charge in [-0.15, -0.1) is 0 Å². The zero-order chi connectivity index (χ0) is 11.5. The van der Waals surface area contributed by atoms with Gasteiger partial charge in [0.2, 0.25) is 0 Å². The van der Waals surface area contributed by atoms with Crippen molar-refractivity contribution >= 4 is 0 Å². The smallest absolute Gasteiger partial charge is 0.266 e. The first-order valence-corrected chi connectivity index (χ1v) is 4.76. The fraction of sp³-hybridized carbons (Fsp3) is 0.0833. The van der Waals surface area contributed by atoms with E-state index in [9.17, 15) is 4.79 Å². The van der Waals surface area contributed by atoms with Crippen molar-refractivity contribution in [3.8, 4) is 17.3 Å². The maximum absolute atomic E-state index is 10.9. The number of benzene rings is 1. The number of nitriles is 1. The summed E-state index contributed by atoms with van der Waals surface area (Å²) in [5.74, 6) is 0. The van der Waals surface area contributed by atoms with E-state index in [0.717, 1.165) is 11.1 Å². The Labute approximate surface area is 92.2 Å². The summed E-state index contributed by atoms with van der Waals surface area (Å²) < 4.78 is 0. The molecule has 0 aliphatic carbocycles. The minimum atomic E-state index is -0.239. The van der Waals surface area contributed by atoms with Crippen molar-refractivity contribution in [2.75, 3.05) is 0 Å². The third-order valence-corrected chi connectivity index (χ3v) is 2.17. The number of aryl methyl sites for hydroxylation is 1. The summed E-state index contributed by atoms with van der Waals surface area (Å²) >= 11 is 0. The van der Waals surface area contributed by atoms with Crippen LogP contribution in [0.5, 0.6) is 0 Å². The van der Waals surface area contributed by atoms with E-state index in [2.05, 4.69) is 16.0 Å². The summed E-state index contributed by atoms with van der Waals surface area (Å²) in [5, 5.41) is 8.85. The first-order valence-electron chi connectivity index (χ1n) is 4.76. The summed E-state index contributed by atoms with van der Waals surface area (Å²) in [6.45, 7) is 1.91. The molecule has 0 radical (unpaired) electrons. The fourth-order valence-electron chi connectivity index (χ4n) is 1.50. The van der Waals surface area contributed by atoms with E-state index in [1.807, 2.05) is 13.0 Å². The molecular weight excluding hydrogens is 202 g/mol. The molecule has 0 fully saturated rings. The van der Waals surface area contributed by atoms with Crippen LogP contribution in [0.3, 0.4) is 0 Å². The molecule has 4 nitrogen and oxygen atoms in total. The summed E-state index contributed by atoms with van der Waals surface area (Å²) in [6.07, 6.45) is 2.77. The molecule has 16 heavy (non-hydrogen) atoms. The van der Waals surface area contributed by atoms with Crippen LogP contribution in [-0.2, 0) is 0 Å². The molecule has 4 heteroatoms. The molecule has 78 valence electrons. The summed E-state index contributed by atoms with van der Waals surface area (Å²) in [5.41, 5.74) is 2.81. The largest absolute Gasteiger partial charge is 0.326 e. The Hall–Kier alpha value is -2.41. The van der Waals surface area contributed by atoms with Gasteiger partial charge in [-0.05, 0) is 30.7 Å². The van der Waals surface area contributed by atoms with Gasteiger partial charge in [-0.25, -0.2) is 4.98 Å². The van der Waals surface area contributed by atoms with Crippen molar-refractivity contribution in [3.63, 3.8) is 0 Å². The van der Waals surface area contributed by atoms with Gasteiger partial charge in [-0.1, -0.05) is 0 Å². The van der Waals surface area contributed by atoms with E-state index in [1.165, 1.54) is 12.4 Å². The topological polar surface area (TPSA) is 69.5 Å². The van der Waals surface area contributed by atoms with E-state index < -0.39 is 0 Å². The maximum atomic E-state index is 10.9. The highest BCUT2D eigenvalue weighted by Crippen LogP contribution is 2.18. The van der Waals surface area contributed by atoms with Crippen LogP contribution in [0.1, 0.15) is 11.1 Å². The van der Waals surface area contributed by atoms with Crippen molar-refractivity contribution in [1.29, 1.82) is 5.26 Å². The van der Waals surface area contributed by atoms with E-state index in [0.29, 0.717) is 11.3 Å². The highest BCUT2D eigenvalue weighted by molar-refractivity contribution is 5.61. The van der Waals surface area contributed by atoms with Gasteiger partial charge in [0.05, 0.1) is 23.5 Å². The van der Waals surface area contributed by atoms with Crippen molar-refractivity contribution in [2.24, 2.45) is 0 Å². The summed E-state index contributed by atoms with van der Waals surface area (Å²) in [4.78, 5) is 17.4. The third kappa shape index (κ3) is 1.98. The molecule has 0 aliphatic rings. The molecule has 0 bridgehead atoms. The quantitative estimate of drug-likeness (QED) is 0.779. The van der Waals surface area contributed by atoms with Crippen molar-refractivity contribution < 1.29 is 0 Å². The fourth-order valence-corrected chi connectivity index (χ4v) is 1.50. The number of hydrogen-bond acceptors (Lipinski definition) is 3. The molecule has 1 heterocycles. The van der Waals surface area contributed by atoms with Crippen LogP contribution in [0.4, 0.5) is 0 Å². The molecule has 0 saturated carbocycles. The average molecular weight is 211 g/mol. The standard InChI is InChI=1S/C12H9N3O/c1-8-2-9(5-13)4-10(3-8)11-6-15-12(16)7-14-11/h2-4,6-7H,1H3,(H,15,16). The van der Waals surface area contributed by atoms with Crippen LogP contribution in [0, 0.1) is 18.3 Å². The molecule has 1 aromatic heterocycles. The van der Waals surface area contributed by atoms with Gasteiger partial charge in [0.1, 0.15) is 0 Å². The van der Waals surface area contributed by atoms with Crippen LogP contribution in [0.15, 0.2) is 35.4 Å². The second kappa shape index (κ2) is 3.99. The van der Waals surface area contributed by atoms with Crippen molar-refractivity contribution in [2.45, 2.75) is 6.92 Å². The lowest BCUT2D eigenvalue weighted by Crippen LogP contribution is -2.04. The number of H-pyrrole nitrogens is 1.